The first-order valence-corrected chi connectivity index (χ1v) is 16.1. The zero-order chi connectivity index (χ0) is 35.6. The zero-order valence-corrected chi connectivity index (χ0v) is 27.1. The molecule has 0 saturated heterocycles. The SMILES string of the molecule is NC(Cc1ccc(O)cc1)C(=O)NC(Cc1c[nH]c2ccccc12)C(=O)NC(Cc1ccc(O)cc1)C(=O)NC(Cc1ccccc1)C(=O)O. The number of hydrogen-bond acceptors (Lipinski definition) is 7. The van der Waals surface area contributed by atoms with Crippen molar-refractivity contribution < 1.29 is 34.5 Å². The Kier molecular flexibility index (Phi) is 11.5. The number of rotatable bonds is 15. The number of carbonyl (C=O) groups excluding carboxylic acids is 3. The standard InChI is InChI=1S/C38H39N5O7/c39-30(18-24-10-14-27(44)15-11-24)35(46)41-33(21-26-22-40-31-9-5-4-8-29(26)31)37(48)42-32(19-25-12-16-28(45)17-13-25)36(47)43-34(38(49)50)20-23-6-2-1-3-7-23/h1-17,22,30,32-34,40,44-45H,18-21,39H2,(H,41,46)(H,42,48)(H,43,47)(H,49,50). The van der Waals surface area contributed by atoms with Gasteiger partial charge in [0.1, 0.15) is 29.6 Å². The number of carboxylic acid groups (broad SMARTS) is 1. The largest absolute Gasteiger partial charge is 0.508 e. The normalized spacial score (nSPS) is 13.5. The van der Waals surface area contributed by atoms with Gasteiger partial charge in [0, 0.05) is 36.4 Å². The summed E-state index contributed by atoms with van der Waals surface area (Å²) in [5.41, 5.74) is 9.82. The molecular formula is C38H39N5O7. The molecule has 0 fully saturated rings. The number of aromatic hydroxyl groups is 2. The highest BCUT2D eigenvalue weighted by atomic mass is 16.4. The quantitative estimate of drug-likeness (QED) is 0.0825. The summed E-state index contributed by atoms with van der Waals surface area (Å²) < 4.78 is 0. The van der Waals surface area contributed by atoms with Crippen molar-refractivity contribution in [3.63, 3.8) is 0 Å². The number of nitrogens with one attached hydrogen (secondary N) is 4. The van der Waals surface area contributed by atoms with Gasteiger partial charge in [-0.25, -0.2) is 4.79 Å². The highest BCUT2D eigenvalue weighted by Gasteiger charge is 2.31. The van der Waals surface area contributed by atoms with E-state index >= 15 is 0 Å². The average Bonchev–Trinajstić information content (AvgIpc) is 3.52. The summed E-state index contributed by atoms with van der Waals surface area (Å²) in [4.78, 5) is 56.6. The minimum Gasteiger partial charge on any atom is -0.508 e. The number of carbonyl (C=O) groups is 4. The molecule has 0 aliphatic rings. The van der Waals surface area contributed by atoms with Gasteiger partial charge in [0.2, 0.25) is 17.7 Å². The first-order valence-electron chi connectivity index (χ1n) is 16.1. The van der Waals surface area contributed by atoms with Gasteiger partial charge in [0.15, 0.2) is 0 Å². The second kappa shape index (κ2) is 16.3. The third-order valence-corrected chi connectivity index (χ3v) is 8.37. The highest BCUT2D eigenvalue weighted by Crippen LogP contribution is 2.20. The van der Waals surface area contributed by atoms with Crippen molar-refractivity contribution in [1.82, 2.24) is 20.9 Å². The van der Waals surface area contributed by atoms with Gasteiger partial charge in [-0.05, 0) is 59.0 Å². The summed E-state index contributed by atoms with van der Waals surface area (Å²) in [7, 11) is 0. The molecule has 1 heterocycles. The van der Waals surface area contributed by atoms with E-state index in [-0.39, 0.29) is 37.2 Å². The number of benzene rings is 4. The number of para-hydroxylation sites is 1. The molecule has 50 heavy (non-hydrogen) atoms. The predicted octanol–water partition coefficient (Wildman–Crippen LogP) is 2.72. The van der Waals surface area contributed by atoms with Gasteiger partial charge < -0.3 is 42.0 Å². The van der Waals surface area contributed by atoms with Gasteiger partial charge in [-0.1, -0.05) is 72.8 Å². The summed E-state index contributed by atoms with van der Waals surface area (Å²) in [5.74, 6) is -3.19. The number of amides is 3. The van der Waals surface area contributed by atoms with E-state index in [0.29, 0.717) is 16.7 Å². The zero-order valence-electron chi connectivity index (χ0n) is 27.1. The Bertz CT molecular complexity index is 1930. The molecule has 1 aromatic heterocycles. The molecule has 0 saturated carbocycles. The van der Waals surface area contributed by atoms with Crippen molar-refractivity contribution >= 4 is 34.6 Å². The Morgan fingerprint density at radius 1 is 0.580 bits per heavy atom. The maximum absolute atomic E-state index is 14.1. The number of phenolic OH excluding ortho intramolecular Hbond substituents is 2. The van der Waals surface area contributed by atoms with Crippen LogP contribution in [0.15, 0.2) is 109 Å². The fraction of sp³-hybridized carbons (Fsp3) is 0.211. The van der Waals surface area contributed by atoms with Gasteiger partial charge in [-0.15, -0.1) is 0 Å². The lowest BCUT2D eigenvalue weighted by atomic mass is 10.00. The Hall–Kier alpha value is -6.14. The minimum absolute atomic E-state index is 0.0118. The summed E-state index contributed by atoms with van der Waals surface area (Å²) in [6.07, 6.45) is 1.91. The molecule has 0 radical (unpaired) electrons. The second-order valence-electron chi connectivity index (χ2n) is 12.1. The van der Waals surface area contributed by atoms with Crippen LogP contribution in [0.2, 0.25) is 0 Å². The number of aliphatic carboxylic acids is 1. The third kappa shape index (κ3) is 9.48. The van der Waals surface area contributed by atoms with Crippen LogP contribution in [0, 0.1) is 0 Å². The van der Waals surface area contributed by atoms with E-state index in [4.69, 9.17) is 5.73 Å². The summed E-state index contributed by atoms with van der Waals surface area (Å²) in [6, 6.07) is 23.9. The lowest BCUT2D eigenvalue weighted by Crippen LogP contribution is -2.58. The average molecular weight is 678 g/mol. The Morgan fingerprint density at radius 3 is 1.68 bits per heavy atom. The van der Waals surface area contributed by atoms with Crippen LogP contribution in [0.3, 0.4) is 0 Å². The summed E-state index contributed by atoms with van der Waals surface area (Å²) in [5, 5.41) is 38.3. The van der Waals surface area contributed by atoms with Gasteiger partial charge in [0.05, 0.1) is 6.04 Å². The van der Waals surface area contributed by atoms with Crippen LogP contribution in [-0.4, -0.2) is 68.2 Å². The van der Waals surface area contributed by atoms with Crippen LogP contribution in [0.1, 0.15) is 22.3 Å². The summed E-state index contributed by atoms with van der Waals surface area (Å²) >= 11 is 0. The van der Waals surface area contributed by atoms with Gasteiger partial charge in [0.25, 0.3) is 0 Å². The number of fused-ring (bicyclic) bond motifs is 1. The molecule has 4 unspecified atom stereocenters. The minimum atomic E-state index is -1.29. The maximum atomic E-state index is 14.1. The number of aromatic amines is 1. The second-order valence-corrected chi connectivity index (χ2v) is 12.1. The van der Waals surface area contributed by atoms with E-state index < -0.39 is 47.9 Å². The molecule has 4 aromatic carbocycles. The number of nitrogens with two attached hydrogens (primary N) is 1. The van der Waals surface area contributed by atoms with Crippen LogP contribution >= 0.6 is 0 Å². The van der Waals surface area contributed by atoms with E-state index in [1.165, 1.54) is 24.3 Å². The van der Waals surface area contributed by atoms with Crippen molar-refractivity contribution in [2.75, 3.05) is 0 Å². The molecule has 0 aliphatic heterocycles. The first kappa shape index (κ1) is 35.2. The maximum Gasteiger partial charge on any atom is 0.326 e. The lowest BCUT2D eigenvalue weighted by Gasteiger charge is -2.25. The smallest absolute Gasteiger partial charge is 0.326 e. The van der Waals surface area contributed by atoms with Crippen LogP contribution in [0.5, 0.6) is 11.5 Å². The number of aromatic nitrogens is 1. The Morgan fingerprint density at radius 2 is 1.06 bits per heavy atom. The van der Waals surface area contributed by atoms with Crippen LogP contribution in [-0.2, 0) is 44.9 Å². The molecule has 4 atom stereocenters. The molecule has 12 heteroatoms. The highest BCUT2D eigenvalue weighted by molar-refractivity contribution is 5.95. The van der Waals surface area contributed by atoms with E-state index in [2.05, 4.69) is 20.9 Å². The molecular weight excluding hydrogens is 638 g/mol. The van der Waals surface area contributed by atoms with Gasteiger partial charge >= 0.3 is 5.97 Å². The van der Waals surface area contributed by atoms with Crippen molar-refractivity contribution in [2.45, 2.75) is 49.9 Å². The number of hydrogen-bond donors (Lipinski definition) is 8. The van der Waals surface area contributed by atoms with E-state index in [1.54, 1.807) is 60.8 Å². The number of carboxylic acids is 1. The van der Waals surface area contributed by atoms with E-state index in [1.807, 2.05) is 24.3 Å². The van der Waals surface area contributed by atoms with Crippen LogP contribution in [0.25, 0.3) is 10.9 Å². The molecule has 258 valence electrons. The van der Waals surface area contributed by atoms with E-state index in [0.717, 1.165) is 16.5 Å². The molecule has 5 rings (SSSR count). The fourth-order valence-electron chi connectivity index (χ4n) is 5.66. The van der Waals surface area contributed by atoms with Crippen LogP contribution < -0.4 is 21.7 Å². The lowest BCUT2D eigenvalue weighted by molar-refractivity contribution is -0.142. The molecule has 5 aromatic rings. The third-order valence-electron chi connectivity index (χ3n) is 8.37. The van der Waals surface area contributed by atoms with Crippen molar-refractivity contribution in [3.05, 3.63) is 132 Å². The molecule has 3 amide bonds. The monoisotopic (exact) mass is 677 g/mol. The molecule has 0 bridgehead atoms. The Balaban J connectivity index is 1.39. The van der Waals surface area contributed by atoms with Gasteiger partial charge in [-0.2, -0.15) is 0 Å². The van der Waals surface area contributed by atoms with Crippen molar-refractivity contribution in [3.8, 4) is 11.5 Å². The molecule has 0 aliphatic carbocycles. The van der Waals surface area contributed by atoms with Crippen LogP contribution in [0.4, 0.5) is 0 Å². The first-order chi connectivity index (χ1) is 24.0. The Labute approximate surface area is 288 Å². The topological polar surface area (TPSA) is 207 Å². The predicted molar refractivity (Wildman–Crippen MR) is 187 cm³/mol. The van der Waals surface area contributed by atoms with E-state index in [9.17, 15) is 34.5 Å². The fourth-order valence-corrected chi connectivity index (χ4v) is 5.66. The summed E-state index contributed by atoms with van der Waals surface area (Å²) in [6.45, 7) is 0. The molecule has 12 nitrogen and oxygen atoms in total. The van der Waals surface area contributed by atoms with Crippen molar-refractivity contribution in [1.29, 1.82) is 0 Å². The molecule has 9 N–H and O–H groups in total. The number of H-pyrrole nitrogens is 1. The number of phenols is 2. The van der Waals surface area contributed by atoms with Crippen molar-refractivity contribution in [2.24, 2.45) is 5.73 Å². The van der Waals surface area contributed by atoms with Gasteiger partial charge in [-0.3, -0.25) is 14.4 Å². The molecule has 0 spiro atoms.